The Labute approximate surface area is 291 Å². The van der Waals surface area contributed by atoms with Gasteiger partial charge in [0, 0.05) is 31.7 Å². The Morgan fingerprint density at radius 1 is 1.00 bits per heavy atom. The molecule has 10 nitrogen and oxygen atoms in total. The van der Waals surface area contributed by atoms with Crippen molar-refractivity contribution in [2.75, 3.05) is 32.8 Å². The molecule has 50 heavy (non-hydrogen) atoms. The predicted molar refractivity (Wildman–Crippen MR) is 192 cm³/mol. The van der Waals surface area contributed by atoms with Gasteiger partial charge in [0.05, 0.1) is 36.0 Å². The second kappa shape index (κ2) is 15.0. The molecule has 4 aromatic rings. The third kappa shape index (κ3) is 6.91. The number of carbonyl (C=O) groups excluding carboxylic acids is 1. The number of nitrogens with zero attached hydrogens (tertiary/aromatic N) is 4. The highest BCUT2D eigenvalue weighted by Gasteiger charge is 2.41. The summed E-state index contributed by atoms with van der Waals surface area (Å²) in [6, 6.07) is 16.7. The molecule has 2 N–H and O–H groups in total. The van der Waals surface area contributed by atoms with Crippen LogP contribution in [0.15, 0.2) is 70.4 Å². The molecule has 2 aliphatic carbocycles. The van der Waals surface area contributed by atoms with Crippen molar-refractivity contribution >= 4 is 16.9 Å². The first kappa shape index (κ1) is 34.3. The molecule has 2 aromatic carbocycles. The number of carbonyl (C=O) groups is 1. The summed E-state index contributed by atoms with van der Waals surface area (Å²) in [4.78, 5) is 48.5. The van der Waals surface area contributed by atoms with Crippen LogP contribution in [0.1, 0.15) is 76.3 Å². The highest BCUT2D eigenvalue weighted by atomic mass is 19.1. The summed E-state index contributed by atoms with van der Waals surface area (Å²) in [6.07, 6.45) is 8.12. The molecule has 0 unspecified atom stereocenters. The Morgan fingerprint density at radius 3 is 2.52 bits per heavy atom. The van der Waals surface area contributed by atoms with Gasteiger partial charge in [0.25, 0.3) is 5.56 Å². The zero-order valence-electron chi connectivity index (χ0n) is 28.8. The zero-order chi connectivity index (χ0) is 34.7. The standard InChI is InChI=1S/C39H47FN6O4/c1-2-18-42-39(16-5-6-17-39)37(48)43-30-12-14-31(15-13-30)46-36(47)34-24-29(40)25-41-35(34)45(38(46)49)32-10-7-9-27(23-32)33-11-4-3-8-28(33)26-44-19-21-50-22-20-44/h3-4,7-11,23-25,30-31,42H,2,5-6,12-22,26H2,1H3,(H,43,48). The van der Waals surface area contributed by atoms with E-state index in [4.69, 9.17) is 4.74 Å². The fraction of sp³-hybridized carbons (Fsp3) is 0.487. The normalized spacial score (nSPS) is 21.0. The summed E-state index contributed by atoms with van der Waals surface area (Å²) in [5, 5.41) is 6.87. The molecule has 3 aliphatic rings. The largest absolute Gasteiger partial charge is 0.379 e. The summed E-state index contributed by atoms with van der Waals surface area (Å²) < 4.78 is 22.9. The molecule has 264 valence electrons. The van der Waals surface area contributed by atoms with Gasteiger partial charge in [-0.25, -0.2) is 18.7 Å². The van der Waals surface area contributed by atoms with E-state index in [0.717, 1.165) is 81.2 Å². The monoisotopic (exact) mass is 682 g/mol. The molecule has 1 amide bonds. The van der Waals surface area contributed by atoms with Crippen molar-refractivity contribution in [3.63, 3.8) is 0 Å². The van der Waals surface area contributed by atoms with Crippen molar-refractivity contribution in [3.8, 4) is 16.8 Å². The molecule has 2 aromatic heterocycles. The van der Waals surface area contributed by atoms with E-state index in [-0.39, 0.29) is 23.0 Å². The van der Waals surface area contributed by atoms with Crippen molar-refractivity contribution < 1.29 is 13.9 Å². The lowest BCUT2D eigenvalue weighted by molar-refractivity contribution is -0.128. The van der Waals surface area contributed by atoms with E-state index in [1.54, 1.807) is 0 Å². The van der Waals surface area contributed by atoms with E-state index in [2.05, 4.69) is 39.6 Å². The van der Waals surface area contributed by atoms with E-state index in [0.29, 0.717) is 44.6 Å². The van der Waals surface area contributed by atoms with Gasteiger partial charge in [0.1, 0.15) is 5.82 Å². The topological polar surface area (TPSA) is 110 Å². The summed E-state index contributed by atoms with van der Waals surface area (Å²) in [5.41, 5.74) is 2.27. The van der Waals surface area contributed by atoms with E-state index in [1.807, 2.05) is 36.4 Å². The molecule has 0 spiro atoms. The minimum absolute atomic E-state index is 0.0358. The Bertz CT molecular complexity index is 1950. The Kier molecular flexibility index (Phi) is 10.3. The second-order valence-electron chi connectivity index (χ2n) is 14.1. The van der Waals surface area contributed by atoms with E-state index in [9.17, 15) is 18.8 Å². The van der Waals surface area contributed by atoms with Gasteiger partial charge in [0.15, 0.2) is 5.65 Å². The Balaban J connectivity index is 1.19. The number of morpholine rings is 1. The highest BCUT2D eigenvalue weighted by Crippen LogP contribution is 2.33. The van der Waals surface area contributed by atoms with Crippen molar-refractivity contribution in [3.05, 3.63) is 93.0 Å². The molecule has 3 heterocycles. The van der Waals surface area contributed by atoms with Crippen LogP contribution in [0.25, 0.3) is 27.8 Å². The molecule has 0 atom stereocenters. The molecule has 2 saturated carbocycles. The lowest BCUT2D eigenvalue weighted by Crippen LogP contribution is -2.57. The number of fused-ring (bicyclic) bond motifs is 1. The van der Waals surface area contributed by atoms with Crippen LogP contribution in [0.4, 0.5) is 4.39 Å². The highest BCUT2D eigenvalue weighted by molar-refractivity contribution is 5.87. The van der Waals surface area contributed by atoms with Crippen molar-refractivity contribution in [2.45, 2.75) is 88.9 Å². The van der Waals surface area contributed by atoms with Gasteiger partial charge in [-0.2, -0.15) is 0 Å². The van der Waals surface area contributed by atoms with Crippen LogP contribution in [0, 0.1) is 5.82 Å². The molecule has 3 fully saturated rings. The van der Waals surface area contributed by atoms with Crippen LogP contribution in [-0.4, -0.2) is 69.4 Å². The maximum Gasteiger partial charge on any atom is 0.337 e. The van der Waals surface area contributed by atoms with Gasteiger partial charge in [-0.3, -0.25) is 19.1 Å². The first-order chi connectivity index (χ1) is 24.4. The van der Waals surface area contributed by atoms with Gasteiger partial charge >= 0.3 is 5.69 Å². The van der Waals surface area contributed by atoms with Crippen LogP contribution in [0.2, 0.25) is 0 Å². The first-order valence-electron chi connectivity index (χ1n) is 18.2. The molecular weight excluding hydrogens is 635 g/mol. The number of rotatable bonds is 10. The van der Waals surface area contributed by atoms with Crippen molar-refractivity contribution in [1.29, 1.82) is 0 Å². The Morgan fingerprint density at radius 2 is 1.76 bits per heavy atom. The third-order valence-corrected chi connectivity index (χ3v) is 10.8. The van der Waals surface area contributed by atoms with Gasteiger partial charge in [-0.05, 0) is 86.4 Å². The molecule has 0 radical (unpaired) electrons. The molecule has 7 rings (SSSR count). The number of hydrogen-bond acceptors (Lipinski definition) is 7. The third-order valence-electron chi connectivity index (χ3n) is 10.8. The maximum atomic E-state index is 14.6. The SMILES string of the molecule is CCCNC1(C(=O)NC2CCC(n3c(=O)c4cc(F)cnc4n(-c4cccc(-c5ccccc5CN5CCOCC5)c4)c3=O)CC2)CCCC1. The van der Waals surface area contributed by atoms with Gasteiger partial charge < -0.3 is 15.4 Å². The summed E-state index contributed by atoms with van der Waals surface area (Å²) in [6.45, 7) is 6.84. The van der Waals surface area contributed by atoms with Crippen LogP contribution < -0.4 is 21.9 Å². The van der Waals surface area contributed by atoms with E-state index >= 15 is 0 Å². The summed E-state index contributed by atoms with van der Waals surface area (Å²) >= 11 is 0. The number of ether oxygens (including phenoxy) is 1. The summed E-state index contributed by atoms with van der Waals surface area (Å²) in [7, 11) is 0. The molecule has 11 heteroatoms. The Hall–Kier alpha value is -4.19. The number of benzene rings is 2. The molecule has 0 bridgehead atoms. The first-order valence-corrected chi connectivity index (χ1v) is 18.2. The zero-order valence-corrected chi connectivity index (χ0v) is 28.8. The van der Waals surface area contributed by atoms with Crippen LogP contribution >= 0.6 is 0 Å². The van der Waals surface area contributed by atoms with E-state index < -0.39 is 28.6 Å². The van der Waals surface area contributed by atoms with Crippen LogP contribution in [0.5, 0.6) is 0 Å². The van der Waals surface area contributed by atoms with Gasteiger partial charge in [-0.15, -0.1) is 0 Å². The fourth-order valence-electron chi connectivity index (χ4n) is 8.12. The number of hydrogen-bond donors (Lipinski definition) is 2. The van der Waals surface area contributed by atoms with Gasteiger partial charge in [-0.1, -0.05) is 56.2 Å². The van der Waals surface area contributed by atoms with Gasteiger partial charge in [0.2, 0.25) is 5.91 Å². The quantitative estimate of drug-likeness (QED) is 0.240. The minimum Gasteiger partial charge on any atom is -0.379 e. The summed E-state index contributed by atoms with van der Waals surface area (Å²) in [5.74, 6) is -0.578. The smallest absolute Gasteiger partial charge is 0.337 e. The number of pyridine rings is 1. The van der Waals surface area contributed by atoms with Crippen molar-refractivity contribution in [2.24, 2.45) is 0 Å². The lowest BCUT2D eigenvalue weighted by Gasteiger charge is -2.34. The van der Waals surface area contributed by atoms with Crippen LogP contribution in [0.3, 0.4) is 0 Å². The van der Waals surface area contributed by atoms with Crippen molar-refractivity contribution in [1.82, 2.24) is 29.7 Å². The number of halogens is 1. The number of aromatic nitrogens is 3. The van der Waals surface area contributed by atoms with E-state index in [1.165, 1.54) is 15.2 Å². The van der Waals surface area contributed by atoms with Crippen LogP contribution in [-0.2, 0) is 16.1 Å². The lowest BCUT2D eigenvalue weighted by atomic mass is 9.89. The number of nitrogens with one attached hydrogen (secondary N) is 2. The number of amides is 1. The average Bonchev–Trinajstić information content (AvgIpc) is 3.63. The predicted octanol–water partition coefficient (Wildman–Crippen LogP) is 5.10. The molecule has 1 saturated heterocycles. The average molecular weight is 683 g/mol. The maximum absolute atomic E-state index is 14.6. The second-order valence-corrected chi connectivity index (χ2v) is 14.1. The molecule has 1 aliphatic heterocycles. The minimum atomic E-state index is -0.638. The fourth-order valence-corrected chi connectivity index (χ4v) is 8.12. The molecular formula is C39H47FN6O4.